The molecule has 1 aliphatic rings. The number of hydrogen-bond acceptors (Lipinski definition) is 6. The molecule has 0 saturated heterocycles. The Hall–Kier alpha value is -4.53. The van der Waals surface area contributed by atoms with E-state index in [1.807, 2.05) is 54.6 Å². The second-order valence-electron chi connectivity index (χ2n) is 9.34. The topological polar surface area (TPSA) is 95.3 Å². The highest BCUT2D eigenvalue weighted by Crippen LogP contribution is 2.49. The average molecular weight is 515 g/mol. The minimum Gasteiger partial charge on any atom is -0.468 e. The summed E-state index contributed by atoms with van der Waals surface area (Å²) in [6, 6.07) is 21.6. The van der Waals surface area contributed by atoms with Crippen molar-refractivity contribution in [1.29, 1.82) is 0 Å². The lowest BCUT2D eigenvalue weighted by Gasteiger charge is -2.15. The third kappa shape index (κ3) is 4.74. The third-order valence-corrected chi connectivity index (χ3v) is 6.92. The van der Waals surface area contributed by atoms with Crippen LogP contribution < -0.4 is 5.32 Å². The van der Waals surface area contributed by atoms with Crippen LogP contribution in [0.2, 0.25) is 0 Å². The van der Waals surface area contributed by atoms with Gasteiger partial charge in [0.1, 0.15) is 17.6 Å². The summed E-state index contributed by atoms with van der Waals surface area (Å²) in [4.78, 5) is 24.8. The Morgan fingerprint density at radius 2 is 1.71 bits per heavy atom. The van der Waals surface area contributed by atoms with Gasteiger partial charge >= 0.3 is 12.1 Å². The number of amides is 1. The maximum absolute atomic E-state index is 15.3. The molecule has 1 fully saturated rings. The number of nitrogens with one attached hydrogen (secondary N) is 1. The molecule has 1 aliphatic carbocycles. The van der Waals surface area contributed by atoms with Crippen LogP contribution in [-0.2, 0) is 26.7 Å². The van der Waals surface area contributed by atoms with E-state index >= 15 is 4.39 Å². The number of benzene rings is 3. The molecule has 0 radical (unpaired) electrons. The number of esters is 1. The van der Waals surface area contributed by atoms with Crippen LogP contribution in [0.4, 0.5) is 15.0 Å². The first-order chi connectivity index (χ1) is 18.3. The number of ether oxygens (including phenoxy) is 2. The zero-order valence-corrected chi connectivity index (χ0v) is 21.3. The number of aryl methyl sites for hydroxylation is 1. The van der Waals surface area contributed by atoms with Crippen molar-refractivity contribution >= 4 is 17.9 Å². The summed E-state index contributed by atoms with van der Waals surface area (Å²) in [6.07, 6.45) is 0.335. The maximum Gasteiger partial charge on any atom is 0.413 e. The molecule has 8 nitrogen and oxygen atoms in total. The highest BCUT2D eigenvalue weighted by molar-refractivity contribution is 5.89. The van der Waals surface area contributed by atoms with Gasteiger partial charge in [-0.1, -0.05) is 65.9 Å². The van der Waals surface area contributed by atoms with Gasteiger partial charge in [0.25, 0.3) is 0 Å². The minimum atomic E-state index is -0.703. The Bertz CT molecular complexity index is 1480. The average Bonchev–Trinajstić information content (AvgIpc) is 3.68. The second-order valence-corrected chi connectivity index (χ2v) is 9.34. The first kappa shape index (κ1) is 25.1. The molecule has 1 aromatic heterocycles. The molecule has 1 N–H and O–H groups in total. The van der Waals surface area contributed by atoms with Crippen LogP contribution in [-0.4, -0.2) is 34.2 Å². The summed E-state index contributed by atoms with van der Waals surface area (Å²) >= 11 is 0. The molecule has 1 unspecified atom stereocenters. The van der Waals surface area contributed by atoms with Crippen molar-refractivity contribution in [2.75, 3.05) is 12.4 Å². The van der Waals surface area contributed by atoms with Crippen molar-refractivity contribution < 1.29 is 23.5 Å². The smallest absolute Gasteiger partial charge is 0.413 e. The standard InChI is InChI=1S/C29H27FN4O4/c1-18(19-7-5-4-6-8-19)38-28(36)31-26-25(32-33-34(26)2)23-14-11-21(17-24(23)30)20-9-12-22(13-10-20)29(15-16-29)27(35)37-3/h4-14,17-18H,15-16H2,1-3H3,(H,31,36). The molecule has 1 amide bonds. The van der Waals surface area contributed by atoms with Crippen LogP contribution in [0, 0.1) is 5.82 Å². The summed E-state index contributed by atoms with van der Waals surface area (Å²) in [5.74, 6) is -0.536. The van der Waals surface area contributed by atoms with Gasteiger partial charge in [0.2, 0.25) is 0 Å². The molecule has 1 heterocycles. The van der Waals surface area contributed by atoms with Gasteiger partial charge in [-0.2, -0.15) is 0 Å². The summed E-state index contributed by atoms with van der Waals surface area (Å²) in [6.45, 7) is 1.77. The van der Waals surface area contributed by atoms with E-state index in [1.165, 1.54) is 17.9 Å². The monoisotopic (exact) mass is 514 g/mol. The SMILES string of the molecule is COC(=O)C1(c2ccc(-c3ccc(-c4nnn(C)c4NC(=O)OC(C)c4ccccc4)c(F)c3)cc2)CC1. The largest absolute Gasteiger partial charge is 0.468 e. The molecule has 38 heavy (non-hydrogen) atoms. The van der Waals surface area contributed by atoms with E-state index in [9.17, 15) is 9.59 Å². The van der Waals surface area contributed by atoms with Gasteiger partial charge < -0.3 is 9.47 Å². The van der Waals surface area contributed by atoms with E-state index < -0.39 is 23.4 Å². The zero-order valence-electron chi connectivity index (χ0n) is 21.3. The number of hydrogen-bond donors (Lipinski definition) is 1. The molecule has 5 rings (SSSR count). The van der Waals surface area contributed by atoms with E-state index in [-0.39, 0.29) is 23.0 Å². The first-order valence-corrected chi connectivity index (χ1v) is 12.2. The predicted molar refractivity (Wildman–Crippen MR) is 140 cm³/mol. The molecule has 9 heteroatoms. The summed E-state index contributed by atoms with van der Waals surface area (Å²) in [5, 5.41) is 10.7. The van der Waals surface area contributed by atoms with Gasteiger partial charge in [0.15, 0.2) is 5.82 Å². The van der Waals surface area contributed by atoms with E-state index in [2.05, 4.69) is 15.6 Å². The van der Waals surface area contributed by atoms with E-state index in [0.29, 0.717) is 5.56 Å². The maximum atomic E-state index is 15.3. The Labute approximate surface area is 219 Å². The molecule has 0 bridgehead atoms. The third-order valence-electron chi connectivity index (χ3n) is 6.92. The Balaban J connectivity index is 1.34. The van der Waals surface area contributed by atoms with Crippen LogP contribution >= 0.6 is 0 Å². The number of aromatic nitrogens is 3. The van der Waals surface area contributed by atoms with Gasteiger partial charge in [-0.3, -0.25) is 10.1 Å². The molecule has 1 saturated carbocycles. The van der Waals surface area contributed by atoms with Crippen LogP contribution in [0.5, 0.6) is 0 Å². The molecule has 0 aliphatic heterocycles. The van der Waals surface area contributed by atoms with Crippen molar-refractivity contribution in [2.45, 2.75) is 31.3 Å². The Morgan fingerprint density at radius 1 is 1.03 bits per heavy atom. The first-order valence-electron chi connectivity index (χ1n) is 12.2. The second kappa shape index (κ2) is 10.1. The van der Waals surface area contributed by atoms with Gasteiger partial charge in [0.05, 0.1) is 12.5 Å². The highest BCUT2D eigenvalue weighted by atomic mass is 19.1. The number of carbonyl (C=O) groups is 2. The van der Waals surface area contributed by atoms with Crippen molar-refractivity contribution in [3.05, 3.63) is 89.7 Å². The molecule has 3 aromatic carbocycles. The van der Waals surface area contributed by atoms with E-state index in [0.717, 1.165) is 29.5 Å². The lowest BCUT2D eigenvalue weighted by atomic mass is 9.93. The van der Waals surface area contributed by atoms with Crippen LogP contribution in [0.1, 0.15) is 37.0 Å². The lowest BCUT2D eigenvalue weighted by Crippen LogP contribution is -2.21. The van der Waals surface area contributed by atoms with E-state index in [4.69, 9.17) is 9.47 Å². The van der Waals surface area contributed by atoms with Crippen molar-refractivity contribution in [3.63, 3.8) is 0 Å². The molecule has 1 atom stereocenters. The number of rotatable bonds is 7. The normalized spacial score (nSPS) is 14.4. The number of halogens is 1. The summed E-state index contributed by atoms with van der Waals surface area (Å²) in [5.41, 5.74) is 3.02. The summed E-state index contributed by atoms with van der Waals surface area (Å²) in [7, 11) is 2.99. The van der Waals surface area contributed by atoms with Crippen LogP contribution in [0.25, 0.3) is 22.4 Å². The number of anilines is 1. The predicted octanol–water partition coefficient (Wildman–Crippen LogP) is 5.80. The highest BCUT2D eigenvalue weighted by Gasteiger charge is 2.52. The molecule has 0 spiro atoms. The number of methoxy groups -OCH3 is 1. The van der Waals surface area contributed by atoms with Crippen molar-refractivity contribution in [3.8, 4) is 22.4 Å². The van der Waals surface area contributed by atoms with Crippen LogP contribution in [0.15, 0.2) is 72.8 Å². The fourth-order valence-corrected chi connectivity index (χ4v) is 4.56. The van der Waals surface area contributed by atoms with Gasteiger partial charge in [-0.15, -0.1) is 5.10 Å². The Morgan fingerprint density at radius 3 is 2.34 bits per heavy atom. The quantitative estimate of drug-likeness (QED) is 0.313. The van der Waals surface area contributed by atoms with E-state index in [1.54, 1.807) is 26.1 Å². The lowest BCUT2D eigenvalue weighted by molar-refractivity contribution is -0.143. The fraction of sp³-hybridized carbons (Fsp3) is 0.241. The molecular formula is C29H27FN4O4. The zero-order chi connectivity index (χ0) is 26.9. The number of nitrogens with zero attached hydrogens (tertiary/aromatic N) is 3. The minimum absolute atomic E-state index is 0.185. The molecular weight excluding hydrogens is 487 g/mol. The van der Waals surface area contributed by atoms with Gasteiger partial charge in [-0.25, -0.2) is 13.9 Å². The van der Waals surface area contributed by atoms with Gasteiger partial charge in [0, 0.05) is 12.6 Å². The molecule has 194 valence electrons. The Kier molecular flexibility index (Phi) is 6.67. The van der Waals surface area contributed by atoms with Crippen molar-refractivity contribution in [1.82, 2.24) is 15.0 Å². The van der Waals surface area contributed by atoms with Gasteiger partial charge in [-0.05, 0) is 54.2 Å². The van der Waals surface area contributed by atoms with Crippen LogP contribution in [0.3, 0.4) is 0 Å². The number of carbonyl (C=O) groups excluding carboxylic acids is 2. The fourth-order valence-electron chi connectivity index (χ4n) is 4.56. The molecule has 4 aromatic rings. The van der Waals surface area contributed by atoms with Crippen molar-refractivity contribution in [2.24, 2.45) is 7.05 Å². The summed E-state index contributed by atoms with van der Waals surface area (Å²) < 4.78 is 27.1.